The van der Waals surface area contributed by atoms with Gasteiger partial charge in [0, 0.05) is 6.20 Å². The second-order valence-electron chi connectivity index (χ2n) is 8.49. The number of pyridine rings is 1. The van der Waals surface area contributed by atoms with Crippen LogP contribution in [0.4, 0.5) is 5.82 Å². The Bertz CT molecular complexity index is 786. The average molecular weight is 413 g/mol. The van der Waals surface area contributed by atoms with Crippen LogP contribution in [0.5, 0.6) is 0 Å². The van der Waals surface area contributed by atoms with Gasteiger partial charge in [0.05, 0.1) is 21.1 Å². The van der Waals surface area contributed by atoms with Gasteiger partial charge in [-0.3, -0.25) is 9.59 Å². The minimum atomic E-state index is -0.992. The molecule has 146 valence electrons. The number of carbonyl (C=O) groups is 2. The lowest BCUT2D eigenvalue weighted by Gasteiger charge is -2.58. The largest absolute Gasteiger partial charge is 0.452 e. The summed E-state index contributed by atoms with van der Waals surface area (Å²) in [7, 11) is 0. The van der Waals surface area contributed by atoms with Crippen molar-refractivity contribution in [3.8, 4) is 0 Å². The van der Waals surface area contributed by atoms with E-state index in [4.69, 9.17) is 27.9 Å². The monoisotopic (exact) mass is 412 g/mol. The Morgan fingerprint density at radius 3 is 2.56 bits per heavy atom. The summed E-state index contributed by atoms with van der Waals surface area (Å²) < 4.78 is 5.52. The maximum atomic E-state index is 12.9. The van der Waals surface area contributed by atoms with Crippen molar-refractivity contribution in [2.75, 3.05) is 5.32 Å². The van der Waals surface area contributed by atoms with Gasteiger partial charge in [-0.25, -0.2) is 4.98 Å². The Balaban J connectivity index is 1.42. The molecule has 27 heavy (non-hydrogen) atoms. The number of aromatic nitrogens is 1. The molecule has 5 rings (SSSR count). The highest BCUT2D eigenvalue weighted by atomic mass is 35.5. The topological polar surface area (TPSA) is 88.5 Å². The fourth-order valence-corrected chi connectivity index (χ4v) is 5.94. The van der Waals surface area contributed by atoms with Crippen LogP contribution in [0.25, 0.3) is 0 Å². The predicted molar refractivity (Wildman–Crippen MR) is 101 cm³/mol. The van der Waals surface area contributed by atoms with Crippen molar-refractivity contribution in [1.29, 1.82) is 0 Å². The molecule has 6 nitrogen and oxygen atoms in total. The summed E-state index contributed by atoms with van der Waals surface area (Å²) in [5.41, 5.74) is -1.42. The van der Waals surface area contributed by atoms with Crippen LogP contribution in [-0.4, -0.2) is 33.7 Å². The number of ether oxygens (including phenoxy) is 1. The number of hydrogen-bond donors (Lipinski definition) is 2. The molecule has 0 aromatic carbocycles. The highest BCUT2D eigenvalue weighted by Crippen LogP contribution is 2.62. The molecule has 4 bridgehead atoms. The third kappa shape index (κ3) is 3.55. The minimum Gasteiger partial charge on any atom is -0.452 e. The van der Waals surface area contributed by atoms with Crippen molar-refractivity contribution in [2.24, 2.45) is 17.3 Å². The normalized spacial score (nSPS) is 35.0. The van der Waals surface area contributed by atoms with E-state index >= 15 is 0 Å². The van der Waals surface area contributed by atoms with E-state index in [1.165, 1.54) is 19.2 Å². The molecule has 4 aliphatic rings. The van der Waals surface area contributed by atoms with Gasteiger partial charge in [-0.05, 0) is 63.4 Å². The highest BCUT2D eigenvalue weighted by molar-refractivity contribution is 6.36. The molecule has 4 saturated carbocycles. The van der Waals surface area contributed by atoms with Crippen LogP contribution in [0, 0.1) is 17.3 Å². The number of nitrogens with zero attached hydrogens (tertiary/aromatic N) is 1. The van der Waals surface area contributed by atoms with Crippen LogP contribution in [0.1, 0.15) is 45.4 Å². The number of nitrogens with one attached hydrogen (secondary N) is 1. The molecule has 3 unspecified atom stereocenters. The van der Waals surface area contributed by atoms with Crippen LogP contribution < -0.4 is 5.32 Å². The Morgan fingerprint density at radius 1 is 1.30 bits per heavy atom. The molecule has 1 aromatic rings. The standard InChI is InChI=1S/C19H22Cl2N2O4/c1-10(16(24)23-15-14(21)3-13(20)8-22-15)27-17(25)18-4-11-2-12(5-18)7-19(26,6-11)9-18/h3,8,10-12,26H,2,4-7,9H2,1H3,(H,22,23,24). The summed E-state index contributed by atoms with van der Waals surface area (Å²) in [6.07, 6.45) is 4.92. The quantitative estimate of drug-likeness (QED) is 0.737. The first kappa shape index (κ1) is 19.0. The van der Waals surface area contributed by atoms with Crippen LogP contribution in [0.15, 0.2) is 12.3 Å². The van der Waals surface area contributed by atoms with Gasteiger partial charge in [0.2, 0.25) is 0 Å². The van der Waals surface area contributed by atoms with Crippen LogP contribution in [-0.2, 0) is 14.3 Å². The number of halogens is 2. The van der Waals surface area contributed by atoms with Crippen molar-refractivity contribution in [1.82, 2.24) is 4.98 Å². The van der Waals surface area contributed by atoms with Crippen molar-refractivity contribution in [3.05, 3.63) is 22.3 Å². The predicted octanol–water partition coefficient (Wildman–Crippen LogP) is 3.59. The second-order valence-corrected chi connectivity index (χ2v) is 9.33. The lowest BCUT2D eigenvalue weighted by Crippen LogP contribution is -2.59. The van der Waals surface area contributed by atoms with E-state index in [0.717, 1.165) is 32.1 Å². The number of esters is 1. The molecule has 1 aromatic heterocycles. The number of aliphatic hydroxyl groups is 1. The van der Waals surface area contributed by atoms with E-state index in [0.29, 0.717) is 23.3 Å². The van der Waals surface area contributed by atoms with Gasteiger partial charge in [-0.2, -0.15) is 0 Å². The fourth-order valence-electron chi connectivity index (χ4n) is 5.52. The fraction of sp³-hybridized carbons (Fsp3) is 0.632. The van der Waals surface area contributed by atoms with Crippen LogP contribution in [0.2, 0.25) is 10.0 Å². The molecule has 0 aliphatic heterocycles. The molecular formula is C19H22Cl2N2O4. The first-order valence-corrected chi connectivity index (χ1v) is 9.99. The van der Waals surface area contributed by atoms with Crippen LogP contribution in [0.3, 0.4) is 0 Å². The lowest BCUT2D eigenvalue weighted by atomic mass is 9.48. The summed E-state index contributed by atoms with van der Waals surface area (Å²) in [6.45, 7) is 1.52. The van der Waals surface area contributed by atoms with E-state index in [1.54, 1.807) is 0 Å². The smallest absolute Gasteiger partial charge is 0.312 e. The molecule has 1 amide bonds. The molecule has 8 heteroatoms. The van der Waals surface area contributed by atoms with E-state index in [1.807, 2.05) is 0 Å². The summed E-state index contributed by atoms with van der Waals surface area (Å²) in [5, 5.41) is 13.9. The van der Waals surface area contributed by atoms with Gasteiger partial charge in [-0.15, -0.1) is 0 Å². The minimum absolute atomic E-state index is 0.165. The van der Waals surface area contributed by atoms with Crippen molar-refractivity contribution in [3.63, 3.8) is 0 Å². The van der Waals surface area contributed by atoms with Gasteiger partial charge in [0.25, 0.3) is 5.91 Å². The average Bonchev–Trinajstić information content (AvgIpc) is 2.55. The Hall–Kier alpha value is -1.37. The summed E-state index contributed by atoms with van der Waals surface area (Å²) in [5.74, 6) is 0.00411. The number of carbonyl (C=O) groups excluding carboxylic acids is 2. The summed E-state index contributed by atoms with van der Waals surface area (Å²) in [4.78, 5) is 29.3. The van der Waals surface area contributed by atoms with Gasteiger partial charge >= 0.3 is 5.97 Å². The molecule has 4 fully saturated rings. The zero-order valence-electron chi connectivity index (χ0n) is 15.0. The molecule has 0 spiro atoms. The molecule has 4 aliphatic carbocycles. The zero-order chi connectivity index (χ0) is 19.4. The third-order valence-electron chi connectivity index (χ3n) is 6.17. The molecule has 1 heterocycles. The summed E-state index contributed by atoms with van der Waals surface area (Å²) in [6, 6.07) is 1.47. The highest BCUT2D eigenvalue weighted by Gasteiger charge is 2.61. The van der Waals surface area contributed by atoms with E-state index in [-0.39, 0.29) is 16.8 Å². The SMILES string of the molecule is CC(OC(=O)C12CC3CC(CC(O)(C3)C1)C2)C(=O)Nc1ncc(Cl)cc1Cl. The Morgan fingerprint density at radius 2 is 1.96 bits per heavy atom. The Kier molecular flexibility index (Phi) is 4.64. The van der Waals surface area contributed by atoms with Gasteiger partial charge < -0.3 is 15.2 Å². The van der Waals surface area contributed by atoms with Crippen LogP contribution >= 0.6 is 23.2 Å². The number of rotatable bonds is 4. The number of amides is 1. The van der Waals surface area contributed by atoms with Gasteiger partial charge in [-0.1, -0.05) is 23.2 Å². The number of anilines is 1. The van der Waals surface area contributed by atoms with Gasteiger partial charge in [0.1, 0.15) is 0 Å². The summed E-state index contributed by atoms with van der Waals surface area (Å²) >= 11 is 11.8. The first-order valence-electron chi connectivity index (χ1n) is 9.23. The van der Waals surface area contributed by atoms with E-state index in [2.05, 4.69) is 10.3 Å². The first-order chi connectivity index (χ1) is 12.7. The van der Waals surface area contributed by atoms with Crippen molar-refractivity contribution < 1.29 is 19.4 Å². The molecule has 0 radical (unpaired) electrons. The molecular weight excluding hydrogens is 391 g/mol. The van der Waals surface area contributed by atoms with Crippen molar-refractivity contribution >= 4 is 40.9 Å². The van der Waals surface area contributed by atoms with Crippen molar-refractivity contribution in [2.45, 2.75) is 57.2 Å². The van der Waals surface area contributed by atoms with Gasteiger partial charge in [0.15, 0.2) is 11.9 Å². The zero-order valence-corrected chi connectivity index (χ0v) is 16.5. The molecule has 0 saturated heterocycles. The van der Waals surface area contributed by atoms with E-state index < -0.39 is 23.0 Å². The Labute approximate surface area is 167 Å². The second kappa shape index (κ2) is 6.61. The van der Waals surface area contributed by atoms with E-state index in [9.17, 15) is 14.7 Å². The lowest BCUT2D eigenvalue weighted by molar-refractivity contribution is -0.199. The molecule has 3 atom stereocenters. The maximum absolute atomic E-state index is 12.9. The number of hydrogen-bond acceptors (Lipinski definition) is 5. The maximum Gasteiger partial charge on any atom is 0.312 e. The molecule has 2 N–H and O–H groups in total. The third-order valence-corrected chi connectivity index (χ3v) is 6.66.